The lowest BCUT2D eigenvalue weighted by molar-refractivity contribution is -0.120. The Kier molecular flexibility index (Phi) is 8.66. The quantitative estimate of drug-likeness (QED) is 0.595. The van der Waals surface area contributed by atoms with Gasteiger partial charge in [0.1, 0.15) is 17.2 Å². The minimum absolute atomic E-state index is 0.324. The molecule has 0 saturated heterocycles. The van der Waals surface area contributed by atoms with Crippen molar-refractivity contribution in [3.8, 4) is 0 Å². The molecule has 0 aliphatic heterocycles. The van der Waals surface area contributed by atoms with Gasteiger partial charge in [0.2, 0.25) is 0 Å². The molecule has 0 bridgehead atoms. The first-order valence-corrected chi connectivity index (χ1v) is 8.49. The summed E-state index contributed by atoms with van der Waals surface area (Å²) in [7, 11) is 0. The van der Waals surface area contributed by atoms with Gasteiger partial charge in [0, 0.05) is 0 Å². The summed E-state index contributed by atoms with van der Waals surface area (Å²) >= 11 is 0. The van der Waals surface area contributed by atoms with Crippen molar-refractivity contribution in [1.29, 1.82) is 0 Å². The summed E-state index contributed by atoms with van der Waals surface area (Å²) < 4.78 is 10.4. The number of hydrogen-bond acceptors (Lipinski definition) is 5. The van der Waals surface area contributed by atoms with Crippen LogP contribution in [0.3, 0.4) is 0 Å². The molecule has 0 spiro atoms. The van der Waals surface area contributed by atoms with Crippen LogP contribution in [0.5, 0.6) is 0 Å². The molecule has 0 aromatic heterocycles. The first-order chi connectivity index (χ1) is 11.3. The van der Waals surface area contributed by atoms with Crippen molar-refractivity contribution in [2.45, 2.75) is 85.5 Å². The molecular formula is C18H32N2O5. The van der Waals surface area contributed by atoms with Gasteiger partial charge in [0.25, 0.3) is 0 Å². The zero-order valence-corrected chi connectivity index (χ0v) is 16.6. The second-order valence-corrected chi connectivity index (χ2v) is 7.73. The van der Waals surface area contributed by atoms with Crippen LogP contribution in [0.15, 0.2) is 12.2 Å². The van der Waals surface area contributed by atoms with E-state index in [1.165, 1.54) is 13.0 Å². The third kappa shape index (κ3) is 10.4. The van der Waals surface area contributed by atoms with E-state index in [1.807, 2.05) is 6.92 Å². The summed E-state index contributed by atoms with van der Waals surface area (Å²) in [6.07, 6.45) is 3.13. The van der Waals surface area contributed by atoms with Crippen molar-refractivity contribution in [2.24, 2.45) is 0 Å². The Hall–Kier alpha value is -2.05. The number of carbonyl (C=O) groups excluding carboxylic acids is 3. The summed E-state index contributed by atoms with van der Waals surface area (Å²) in [6.45, 7) is 13.7. The fourth-order valence-electron chi connectivity index (χ4n) is 1.64. The van der Waals surface area contributed by atoms with Crippen LogP contribution >= 0.6 is 0 Å². The largest absolute Gasteiger partial charge is 0.443 e. The molecule has 1 atom stereocenters. The van der Waals surface area contributed by atoms with Crippen LogP contribution in [-0.2, 0) is 14.3 Å². The molecule has 0 aliphatic rings. The molecule has 0 radical (unpaired) electrons. The van der Waals surface area contributed by atoms with Crippen LogP contribution in [0.25, 0.3) is 0 Å². The fraction of sp³-hybridized carbons (Fsp3) is 0.722. The smallest absolute Gasteiger partial charge is 0.429 e. The van der Waals surface area contributed by atoms with Gasteiger partial charge in [-0.05, 0) is 61.0 Å². The van der Waals surface area contributed by atoms with Crippen LogP contribution in [0.1, 0.15) is 68.2 Å². The van der Waals surface area contributed by atoms with Crippen molar-refractivity contribution < 1.29 is 23.9 Å². The lowest BCUT2D eigenvalue weighted by Crippen LogP contribution is -2.55. The highest BCUT2D eigenvalue weighted by Crippen LogP contribution is 2.13. The van der Waals surface area contributed by atoms with E-state index in [-0.39, 0.29) is 5.78 Å². The van der Waals surface area contributed by atoms with Gasteiger partial charge < -0.3 is 9.47 Å². The van der Waals surface area contributed by atoms with E-state index in [9.17, 15) is 14.4 Å². The molecule has 1 unspecified atom stereocenters. The Balaban J connectivity index is 5.27. The number of unbranched alkanes of at least 4 members (excludes halogenated alkanes) is 1. The number of ether oxygens (including phenoxy) is 2. The summed E-state index contributed by atoms with van der Waals surface area (Å²) in [5, 5.41) is 0.859. The van der Waals surface area contributed by atoms with Crippen molar-refractivity contribution >= 4 is 18.0 Å². The average molecular weight is 356 g/mol. The lowest BCUT2D eigenvalue weighted by atomic mass is 10.1. The summed E-state index contributed by atoms with van der Waals surface area (Å²) in [6, 6.07) is -0.935. The van der Waals surface area contributed by atoms with Crippen molar-refractivity contribution in [3.63, 3.8) is 0 Å². The van der Waals surface area contributed by atoms with E-state index in [2.05, 4.69) is 5.43 Å². The number of hydrazine groups is 1. The van der Waals surface area contributed by atoms with E-state index >= 15 is 0 Å². The van der Waals surface area contributed by atoms with E-state index in [4.69, 9.17) is 9.47 Å². The van der Waals surface area contributed by atoms with Gasteiger partial charge in [-0.15, -0.1) is 0 Å². The van der Waals surface area contributed by atoms with E-state index in [1.54, 1.807) is 47.6 Å². The molecule has 144 valence electrons. The average Bonchev–Trinajstić information content (AvgIpc) is 2.40. The Labute approximate surface area is 150 Å². The Morgan fingerprint density at radius 3 is 2.00 bits per heavy atom. The molecule has 25 heavy (non-hydrogen) atoms. The molecule has 0 rings (SSSR count). The molecule has 0 fully saturated rings. The number of allylic oxidation sites excluding steroid dienone is 1. The van der Waals surface area contributed by atoms with Crippen molar-refractivity contribution in [1.82, 2.24) is 10.4 Å². The number of nitrogens with one attached hydrogen (secondary N) is 1. The van der Waals surface area contributed by atoms with Gasteiger partial charge in [-0.3, -0.25) is 4.79 Å². The van der Waals surface area contributed by atoms with Gasteiger partial charge in [0.05, 0.1) is 0 Å². The number of amides is 2. The number of rotatable bonds is 5. The highest BCUT2D eigenvalue weighted by molar-refractivity contribution is 5.96. The number of ketones is 1. The highest BCUT2D eigenvalue weighted by atomic mass is 16.6. The molecule has 0 aromatic rings. The zero-order valence-electron chi connectivity index (χ0n) is 16.6. The molecule has 1 N–H and O–H groups in total. The monoisotopic (exact) mass is 356 g/mol. The molecule has 0 heterocycles. The third-order valence-electron chi connectivity index (χ3n) is 2.74. The molecular weight excluding hydrogens is 324 g/mol. The molecule has 0 saturated carbocycles. The topological polar surface area (TPSA) is 84.9 Å². The van der Waals surface area contributed by atoms with Gasteiger partial charge in [-0.2, -0.15) is 0 Å². The first-order valence-electron chi connectivity index (χ1n) is 8.49. The minimum atomic E-state index is -0.935. The summed E-state index contributed by atoms with van der Waals surface area (Å²) in [5.74, 6) is -0.324. The Bertz CT molecular complexity index is 501. The molecule has 0 aromatic carbocycles. The second kappa shape index (κ2) is 9.44. The van der Waals surface area contributed by atoms with E-state index in [0.717, 1.165) is 17.9 Å². The zero-order chi connectivity index (χ0) is 19.8. The van der Waals surface area contributed by atoms with Gasteiger partial charge >= 0.3 is 12.2 Å². The van der Waals surface area contributed by atoms with Crippen molar-refractivity contribution in [3.05, 3.63) is 12.2 Å². The van der Waals surface area contributed by atoms with E-state index in [0.29, 0.717) is 0 Å². The molecule has 7 heteroatoms. The molecule has 0 aliphatic carbocycles. The maximum absolute atomic E-state index is 12.4. The maximum atomic E-state index is 12.4. The normalized spacial score (nSPS) is 13.3. The third-order valence-corrected chi connectivity index (χ3v) is 2.74. The van der Waals surface area contributed by atoms with Crippen molar-refractivity contribution in [2.75, 3.05) is 0 Å². The number of carbonyl (C=O) groups is 3. The first kappa shape index (κ1) is 22.9. The minimum Gasteiger partial charge on any atom is -0.443 e. The van der Waals surface area contributed by atoms with Crippen LogP contribution in [0.2, 0.25) is 0 Å². The Morgan fingerprint density at radius 2 is 1.56 bits per heavy atom. The summed E-state index contributed by atoms with van der Waals surface area (Å²) in [5.41, 5.74) is 0.800. The fourth-order valence-corrected chi connectivity index (χ4v) is 1.64. The van der Waals surface area contributed by atoms with E-state index < -0.39 is 29.4 Å². The SMILES string of the molecule is CCC/C=C/C(=O)C(C)N(NC(=O)OC(C)(C)C)C(=O)OC(C)(C)C. The molecule has 7 nitrogen and oxygen atoms in total. The predicted molar refractivity (Wildman–Crippen MR) is 96.0 cm³/mol. The standard InChI is InChI=1S/C18H32N2O5/c1-9-10-11-12-14(21)13(2)20(16(23)25-18(6,7)8)19-15(22)24-17(3,4)5/h11-13H,9-10H2,1-8H3,(H,19,22)/b12-11+. The van der Waals surface area contributed by atoms with Crippen LogP contribution in [0.4, 0.5) is 9.59 Å². The summed E-state index contributed by atoms with van der Waals surface area (Å²) in [4.78, 5) is 36.7. The predicted octanol–water partition coefficient (Wildman–Crippen LogP) is 3.98. The highest BCUT2D eigenvalue weighted by Gasteiger charge is 2.31. The van der Waals surface area contributed by atoms with Crippen LogP contribution in [0, 0.1) is 0 Å². The lowest BCUT2D eigenvalue weighted by Gasteiger charge is -2.31. The second-order valence-electron chi connectivity index (χ2n) is 7.73. The number of hydrogen-bond donors (Lipinski definition) is 1. The number of nitrogens with zero attached hydrogens (tertiary/aromatic N) is 1. The Morgan fingerprint density at radius 1 is 1.04 bits per heavy atom. The van der Waals surface area contributed by atoms with Gasteiger partial charge in [0.15, 0.2) is 5.78 Å². The van der Waals surface area contributed by atoms with Gasteiger partial charge in [-0.25, -0.2) is 20.0 Å². The van der Waals surface area contributed by atoms with Gasteiger partial charge in [-0.1, -0.05) is 19.4 Å². The maximum Gasteiger partial charge on any atom is 0.429 e. The van der Waals surface area contributed by atoms with Crippen LogP contribution in [-0.4, -0.2) is 40.2 Å². The van der Waals surface area contributed by atoms with Crippen LogP contribution < -0.4 is 5.43 Å². The molecule has 2 amide bonds.